The summed E-state index contributed by atoms with van der Waals surface area (Å²) < 4.78 is 31.1. The average Bonchev–Trinajstić information content (AvgIpc) is 2.82. The molecule has 1 N–H and O–H groups in total. The highest BCUT2D eigenvalue weighted by Crippen LogP contribution is 2.39. The molecular weight excluding hydrogens is 390 g/mol. The van der Waals surface area contributed by atoms with Gasteiger partial charge in [-0.1, -0.05) is 18.2 Å². The third-order valence-corrected chi connectivity index (χ3v) is 8.05. The van der Waals surface area contributed by atoms with Crippen LogP contribution in [0.5, 0.6) is 0 Å². The Labute approximate surface area is 141 Å². The quantitative estimate of drug-likeness (QED) is 0.847. The van der Waals surface area contributed by atoms with Crippen LogP contribution in [0.25, 0.3) is 0 Å². The first-order chi connectivity index (χ1) is 10.4. The van der Waals surface area contributed by atoms with Gasteiger partial charge in [-0.2, -0.15) is 0 Å². The predicted molar refractivity (Wildman–Crippen MR) is 87.9 cm³/mol. The third kappa shape index (κ3) is 3.34. The van der Waals surface area contributed by atoms with Crippen LogP contribution in [0.4, 0.5) is 4.79 Å². The molecule has 22 heavy (non-hydrogen) atoms. The molecule has 0 atom stereocenters. The molecular formula is C14H14BrNO4S2. The Balaban J connectivity index is 2.39. The minimum absolute atomic E-state index is 0.0269. The number of alkyl carbamates (subject to hydrolysis) is 1. The lowest BCUT2D eigenvalue weighted by Crippen LogP contribution is -2.18. The van der Waals surface area contributed by atoms with Crippen LogP contribution in [0.15, 0.2) is 43.9 Å². The molecule has 0 bridgehead atoms. The van der Waals surface area contributed by atoms with Gasteiger partial charge in [0.05, 0.1) is 9.37 Å². The van der Waals surface area contributed by atoms with Crippen LogP contribution >= 0.6 is 27.3 Å². The van der Waals surface area contributed by atoms with Crippen molar-refractivity contribution in [3.05, 3.63) is 45.2 Å². The number of thiophene rings is 1. The normalized spacial score (nSPS) is 11.2. The highest BCUT2D eigenvalue weighted by Gasteiger charge is 2.26. The Hall–Kier alpha value is -1.38. The van der Waals surface area contributed by atoms with Gasteiger partial charge in [-0.3, -0.25) is 0 Å². The number of carbonyl (C=O) groups excluding carboxylic acids is 1. The summed E-state index contributed by atoms with van der Waals surface area (Å²) in [6, 6.07) is 8.22. The number of hydrogen-bond acceptors (Lipinski definition) is 5. The monoisotopic (exact) mass is 403 g/mol. The molecule has 0 radical (unpaired) electrons. The summed E-state index contributed by atoms with van der Waals surface area (Å²) in [5, 5.41) is 2.35. The maximum Gasteiger partial charge on any atom is 0.407 e. The van der Waals surface area contributed by atoms with E-state index in [9.17, 15) is 13.2 Å². The number of nitrogens with one attached hydrogen (secondary N) is 1. The van der Waals surface area contributed by atoms with Crippen LogP contribution in [-0.4, -0.2) is 21.6 Å². The largest absolute Gasteiger partial charge is 0.444 e. The zero-order valence-electron chi connectivity index (χ0n) is 11.9. The maximum absolute atomic E-state index is 12.7. The van der Waals surface area contributed by atoms with Crippen molar-refractivity contribution < 1.29 is 17.9 Å². The van der Waals surface area contributed by atoms with Crippen LogP contribution in [-0.2, 0) is 21.2 Å². The van der Waals surface area contributed by atoms with Gasteiger partial charge in [0.1, 0.15) is 10.8 Å². The SMILES string of the molecule is CNC(=O)OCc1sc(S(=O)(=O)c2ccccc2)c(Br)c1C. The molecule has 2 rings (SSSR count). The third-order valence-electron chi connectivity index (χ3n) is 2.98. The molecule has 8 heteroatoms. The van der Waals surface area contributed by atoms with E-state index in [2.05, 4.69) is 21.2 Å². The molecule has 0 spiro atoms. The lowest BCUT2D eigenvalue weighted by atomic mass is 10.3. The number of halogens is 1. The number of amides is 1. The molecule has 0 aliphatic rings. The highest BCUT2D eigenvalue weighted by molar-refractivity contribution is 9.10. The van der Waals surface area contributed by atoms with Gasteiger partial charge in [0.15, 0.2) is 0 Å². The zero-order valence-corrected chi connectivity index (χ0v) is 15.1. The summed E-state index contributed by atoms with van der Waals surface area (Å²) >= 11 is 4.43. The second-order valence-electron chi connectivity index (χ2n) is 4.39. The van der Waals surface area contributed by atoms with Crippen LogP contribution in [0.2, 0.25) is 0 Å². The molecule has 5 nitrogen and oxygen atoms in total. The minimum Gasteiger partial charge on any atom is -0.444 e. The predicted octanol–water partition coefficient (Wildman–Crippen LogP) is 3.51. The average molecular weight is 404 g/mol. The van der Waals surface area contributed by atoms with Crippen molar-refractivity contribution in [1.82, 2.24) is 5.32 Å². The molecule has 1 amide bonds. The lowest BCUT2D eigenvalue weighted by molar-refractivity contribution is 0.143. The van der Waals surface area contributed by atoms with Crippen molar-refractivity contribution >= 4 is 43.2 Å². The van der Waals surface area contributed by atoms with Crippen LogP contribution in [0, 0.1) is 6.92 Å². The van der Waals surface area contributed by atoms with Crippen molar-refractivity contribution in [2.45, 2.75) is 22.6 Å². The number of rotatable bonds is 4. The fourth-order valence-electron chi connectivity index (χ4n) is 1.73. The van der Waals surface area contributed by atoms with E-state index in [1.165, 1.54) is 7.05 Å². The van der Waals surface area contributed by atoms with Crippen molar-refractivity contribution in [3.8, 4) is 0 Å². The Bertz CT molecular complexity index is 785. The van der Waals surface area contributed by atoms with Crippen molar-refractivity contribution in [2.24, 2.45) is 0 Å². The van der Waals surface area contributed by atoms with E-state index in [0.717, 1.165) is 16.9 Å². The Kier molecular flexibility index (Phi) is 5.25. The lowest BCUT2D eigenvalue weighted by Gasteiger charge is -2.02. The van der Waals surface area contributed by atoms with Crippen LogP contribution < -0.4 is 5.32 Å². The molecule has 2 aromatic rings. The van der Waals surface area contributed by atoms with E-state index in [1.54, 1.807) is 37.3 Å². The van der Waals surface area contributed by atoms with Gasteiger partial charge < -0.3 is 10.1 Å². The second kappa shape index (κ2) is 6.80. The maximum atomic E-state index is 12.7. The molecule has 1 aromatic heterocycles. The number of carbonyl (C=O) groups is 1. The molecule has 118 valence electrons. The van der Waals surface area contributed by atoms with Gasteiger partial charge in [-0.25, -0.2) is 13.2 Å². The topological polar surface area (TPSA) is 72.5 Å². The fourth-order valence-corrected chi connectivity index (χ4v) is 5.97. The Morgan fingerprint density at radius 1 is 1.32 bits per heavy atom. The van der Waals surface area contributed by atoms with E-state index in [4.69, 9.17) is 4.74 Å². The van der Waals surface area contributed by atoms with Crippen molar-refractivity contribution in [3.63, 3.8) is 0 Å². The summed E-state index contributed by atoms with van der Waals surface area (Å²) in [5.41, 5.74) is 0.753. The zero-order chi connectivity index (χ0) is 16.3. The van der Waals surface area contributed by atoms with Crippen molar-refractivity contribution in [1.29, 1.82) is 0 Å². The molecule has 0 aliphatic carbocycles. The number of sulfone groups is 1. The van der Waals surface area contributed by atoms with E-state index < -0.39 is 15.9 Å². The van der Waals surface area contributed by atoms with Gasteiger partial charge in [0, 0.05) is 11.9 Å². The first-order valence-electron chi connectivity index (χ1n) is 6.30. The van der Waals surface area contributed by atoms with Gasteiger partial charge in [-0.05, 0) is 40.5 Å². The highest BCUT2D eigenvalue weighted by atomic mass is 79.9. The van der Waals surface area contributed by atoms with Crippen molar-refractivity contribution in [2.75, 3.05) is 7.05 Å². The van der Waals surface area contributed by atoms with E-state index in [1.807, 2.05) is 0 Å². The molecule has 1 aromatic carbocycles. The molecule has 1 heterocycles. The number of hydrogen-bond donors (Lipinski definition) is 1. The van der Waals surface area contributed by atoms with Gasteiger partial charge in [0.25, 0.3) is 0 Å². The molecule has 0 fully saturated rings. The summed E-state index contributed by atoms with van der Waals surface area (Å²) in [4.78, 5) is 12.1. The van der Waals surface area contributed by atoms with Gasteiger partial charge >= 0.3 is 6.09 Å². The smallest absolute Gasteiger partial charge is 0.407 e. The first kappa shape index (κ1) is 17.0. The van der Waals surface area contributed by atoms with Gasteiger partial charge in [-0.15, -0.1) is 11.3 Å². The van der Waals surface area contributed by atoms with Crippen LogP contribution in [0.3, 0.4) is 0 Å². The van der Waals surface area contributed by atoms with E-state index in [0.29, 0.717) is 9.35 Å². The first-order valence-corrected chi connectivity index (χ1v) is 9.39. The second-order valence-corrected chi connectivity index (χ2v) is 8.44. The molecule has 0 aliphatic heterocycles. The fraction of sp³-hybridized carbons (Fsp3) is 0.214. The molecule has 0 saturated heterocycles. The Morgan fingerprint density at radius 2 is 1.95 bits per heavy atom. The van der Waals surface area contributed by atoms with E-state index >= 15 is 0 Å². The molecule has 0 unspecified atom stereocenters. The summed E-state index contributed by atoms with van der Waals surface area (Å²) in [6.07, 6.45) is -0.559. The van der Waals surface area contributed by atoms with Crippen LogP contribution in [0.1, 0.15) is 10.4 Å². The standard InChI is InChI=1S/C14H14BrNO4S2/c1-9-11(8-20-14(17)16-2)21-13(12(9)15)22(18,19)10-6-4-3-5-7-10/h3-7H,8H2,1-2H3,(H,16,17). The Morgan fingerprint density at radius 3 is 2.55 bits per heavy atom. The summed E-state index contributed by atoms with van der Waals surface area (Å²) in [6.45, 7) is 1.81. The van der Waals surface area contributed by atoms with Gasteiger partial charge in [0.2, 0.25) is 9.84 Å². The minimum atomic E-state index is -3.60. The summed E-state index contributed by atoms with van der Waals surface area (Å²) in [7, 11) is -2.14. The number of benzene rings is 1. The summed E-state index contributed by atoms with van der Waals surface area (Å²) in [5.74, 6) is 0. The van der Waals surface area contributed by atoms with E-state index in [-0.39, 0.29) is 15.7 Å². The molecule has 0 saturated carbocycles. The number of ether oxygens (including phenoxy) is 1.